The largest absolute Gasteiger partial charge is 0.306 e. The molecule has 0 N–H and O–H groups in total. The lowest BCUT2D eigenvalue weighted by Gasteiger charge is -2.43. The van der Waals surface area contributed by atoms with Crippen molar-refractivity contribution in [1.82, 2.24) is 4.90 Å². The Morgan fingerprint density at radius 2 is 1.88 bits per heavy atom. The monoisotopic (exact) mass is 361 g/mol. The molecule has 6 atom stereocenters. The molecule has 0 aromatic heterocycles. The van der Waals surface area contributed by atoms with Crippen molar-refractivity contribution in [3.05, 3.63) is 41.8 Å². The highest BCUT2D eigenvalue weighted by molar-refractivity contribution is 8.03. The zero-order valence-electron chi connectivity index (χ0n) is 15.6. The Morgan fingerprint density at radius 3 is 2.50 bits per heavy atom. The fourth-order valence-electron chi connectivity index (χ4n) is 4.34. The van der Waals surface area contributed by atoms with Crippen molar-refractivity contribution in [1.29, 1.82) is 0 Å². The number of hydrogen-bond donors (Lipinski definition) is 0. The topological polar surface area (TPSA) is 3.24 Å². The molecule has 1 aromatic rings. The Balaban J connectivity index is 1.95. The van der Waals surface area contributed by atoms with Gasteiger partial charge in [0.15, 0.2) is 0 Å². The molecule has 132 valence electrons. The molecule has 2 aliphatic rings. The molecule has 24 heavy (non-hydrogen) atoms. The standard InChI is InChI=1S/C21H32NPS/c1-16-10-8-13-19(16)23(18-11-6-5-7-12-18)20-14-9-15-24-21(20)17(2)22(3)4/h5-7,9,11-12,15-17,19-21H,8,10,13-14H2,1-4H3. The molecule has 1 aromatic carbocycles. The van der Waals surface area contributed by atoms with Gasteiger partial charge >= 0.3 is 0 Å². The van der Waals surface area contributed by atoms with Crippen LogP contribution in [0.5, 0.6) is 0 Å². The minimum Gasteiger partial charge on any atom is -0.306 e. The third-order valence-electron chi connectivity index (χ3n) is 5.96. The van der Waals surface area contributed by atoms with Gasteiger partial charge in [-0.05, 0) is 56.2 Å². The van der Waals surface area contributed by atoms with Crippen LogP contribution in [0.1, 0.15) is 39.5 Å². The van der Waals surface area contributed by atoms with E-state index in [0.29, 0.717) is 11.3 Å². The highest BCUT2D eigenvalue weighted by Crippen LogP contribution is 2.58. The molecule has 1 nitrogen and oxygen atoms in total. The third kappa shape index (κ3) is 3.92. The molecule has 1 saturated carbocycles. The molecule has 1 heterocycles. The van der Waals surface area contributed by atoms with Gasteiger partial charge in [-0.1, -0.05) is 64.1 Å². The van der Waals surface area contributed by atoms with Crippen molar-refractivity contribution in [3.63, 3.8) is 0 Å². The van der Waals surface area contributed by atoms with Crippen LogP contribution < -0.4 is 5.30 Å². The Morgan fingerprint density at radius 1 is 1.12 bits per heavy atom. The van der Waals surface area contributed by atoms with E-state index in [4.69, 9.17) is 0 Å². The molecule has 6 unspecified atom stereocenters. The van der Waals surface area contributed by atoms with Crippen molar-refractivity contribution in [2.75, 3.05) is 14.1 Å². The highest BCUT2D eigenvalue weighted by Gasteiger charge is 2.41. The first kappa shape index (κ1) is 18.5. The summed E-state index contributed by atoms with van der Waals surface area (Å²) in [4.78, 5) is 2.42. The summed E-state index contributed by atoms with van der Waals surface area (Å²) in [6, 6.07) is 12.1. The number of rotatable bonds is 5. The van der Waals surface area contributed by atoms with E-state index in [1.807, 2.05) is 0 Å². The Labute approximate surface area is 154 Å². The van der Waals surface area contributed by atoms with Crippen molar-refractivity contribution < 1.29 is 0 Å². The lowest BCUT2D eigenvalue weighted by molar-refractivity contribution is 0.302. The maximum atomic E-state index is 2.51. The molecule has 3 heteroatoms. The summed E-state index contributed by atoms with van der Waals surface area (Å²) >= 11 is 2.08. The second-order valence-electron chi connectivity index (χ2n) is 7.70. The van der Waals surface area contributed by atoms with Gasteiger partial charge < -0.3 is 4.90 Å². The average Bonchev–Trinajstić information content (AvgIpc) is 3.02. The minimum atomic E-state index is -0.110. The summed E-state index contributed by atoms with van der Waals surface area (Å²) < 4.78 is 0. The molecule has 0 spiro atoms. The lowest BCUT2D eigenvalue weighted by atomic mass is 10.1. The van der Waals surface area contributed by atoms with Crippen LogP contribution in [0.4, 0.5) is 0 Å². The highest BCUT2D eigenvalue weighted by atomic mass is 32.2. The average molecular weight is 362 g/mol. The Kier molecular flexibility index (Phi) is 6.46. The zero-order valence-corrected chi connectivity index (χ0v) is 17.3. The summed E-state index contributed by atoms with van der Waals surface area (Å²) in [5.41, 5.74) is 1.72. The zero-order chi connectivity index (χ0) is 17.1. The quantitative estimate of drug-likeness (QED) is 0.653. The number of nitrogens with zero attached hydrogens (tertiary/aromatic N) is 1. The summed E-state index contributed by atoms with van der Waals surface area (Å²) in [6.45, 7) is 4.92. The van der Waals surface area contributed by atoms with E-state index in [1.165, 1.54) is 25.7 Å². The van der Waals surface area contributed by atoms with Crippen LogP contribution in [0.2, 0.25) is 0 Å². The summed E-state index contributed by atoms with van der Waals surface area (Å²) in [7, 11) is 4.37. The minimum absolute atomic E-state index is 0.110. The van der Waals surface area contributed by atoms with Crippen molar-refractivity contribution in [2.45, 2.75) is 62.1 Å². The van der Waals surface area contributed by atoms with Crippen molar-refractivity contribution in [3.8, 4) is 0 Å². The van der Waals surface area contributed by atoms with Crippen LogP contribution in [0.25, 0.3) is 0 Å². The van der Waals surface area contributed by atoms with Gasteiger partial charge in [0.2, 0.25) is 0 Å². The molecule has 0 radical (unpaired) electrons. The van der Waals surface area contributed by atoms with Gasteiger partial charge in [0.25, 0.3) is 0 Å². The Bertz CT molecular complexity index is 544. The second-order valence-corrected chi connectivity index (χ2v) is 11.4. The maximum Gasteiger partial charge on any atom is 0.0315 e. The fourth-order valence-corrected chi connectivity index (χ4v) is 9.95. The van der Waals surface area contributed by atoms with Crippen LogP contribution in [0.15, 0.2) is 41.8 Å². The van der Waals surface area contributed by atoms with E-state index < -0.39 is 0 Å². The van der Waals surface area contributed by atoms with E-state index in [1.54, 1.807) is 5.30 Å². The fraction of sp³-hybridized carbons (Fsp3) is 0.619. The molecular weight excluding hydrogens is 329 g/mol. The van der Waals surface area contributed by atoms with Gasteiger partial charge in [-0.2, -0.15) is 0 Å². The van der Waals surface area contributed by atoms with Gasteiger partial charge in [0.1, 0.15) is 0 Å². The number of allylic oxidation sites excluding steroid dienone is 1. The smallest absolute Gasteiger partial charge is 0.0315 e. The molecule has 0 bridgehead atoms. The molecule has 0 amide bonds. The van der Waals surface area contributed by atoms with Crippen LogP contribution in [0.3, 0.4) is 0 Å². The van der Waals surface area contributed by atoms with Gasteiger partial charge in [-0.15, -0.1) is 11.8 Å². The molecule has 1 fully saturated rings. The maximum absolute atomic E-state index is 2.51. The van der Waals surface area contributed by atoms with Gasteiger partial charge in [0.05, 0.1) is 0 Å². The summed E-state index contributed by atoms with van der Waals surface area (Å²) in [5, 5.41) is 4.71. The van der Waals surface area contributed by atoms with Crippen LogP contribution in [-0.4, -0.2) is 41.6 Å². The SMILES string of the molecule is CC1CCCC1P(c1ccccc1)C1CC=CSC1C(C)N(C)C. The summed E-state index contributed by atoms with van der Waals surface area (Å²) in [5.74, 6) is 0.891. The predicted octanol–water partition coefficient (Wildman–Crippen LogP) is 5.32. The molecule has 1 aliphatic heterocycles. The van der Waals surface area contributed by atoms with Crippen LogP contribution >= 0.6 is 19.7 Å². The number of thioether (sulfide) groups is 1. The Hall–Kier alpha value is -0.300. The first-order valence-corrected chi connectivity index (χ1v) is 11.8. The molecule has 1 aliphatic carbocycles. The third-order valence-corrected chi connectivity index (χ3v) is 11.2. The first-order valence-electron chi connectivity index (χ1n) is 9.40. The van der Waals surface area contributed by atoms with Gasteiger partial charge in [-0.3, -0.25) is 0 Å². The van der Waals surface area contributed by atoms with Crippen molar-refractivity contribution in [2.24, 2.45) is 5.92 Å². The van der Waals surface area contributed by atoms with E-state index >= 15 is 0 Å². The van der Waals surface area contributed by atoms with Crippen molar-refractivity contribution >= 4 is 25.0 Å². The molecule has 3 rings (SSSR count). The molecule has 0 saturated heterocycles. The molecular formula is C21H32NPS. The summed E-state index contributed by atoms with van der Waals surface area (Å²) in [6.07, 6.45) is 8.00. The predicted molar refractivity (Wildman–Crippen MR) is 112 cm³/mol. The first-order chi connectivity index (χ1) is 11.6. The second kappa shape index (κ2) is 8.39. The van der Waals surface area contributed by atoms with E-state index in [2.05, 4.69) is 86.4 Å². The lowest BCUT2D eigenvalue weighted by Crippen LogP contribution is -2.43. The number of benzene rings is 1. The van der Waals surface area contributed by atoms with Gasteiger partial charge in [0, 0.05) is 17.0 Å². The number of hydrogen-bond acceptors (Lipinski definition) is 2. The van der Waals surface area contributed by atoms with Crippen LogP contribution in [0, 0.1) is 5.92 Å². The van der Waals surface area contributed by atoms with Crippen LogP contribution in [-0.2, 0) is 0 Å². The van der Waals surface area contributed by atoms with E-state index in [9.17, 15) is 0 Å². The van der Waals surface area contributed by atoms with E-state index in [-0.39, 0.29) is 7.92 Å². The van der Waals surface area contributed by atoms with E-state index in [0.717, 1.165) is 17.2 Å². The normalized spacial score (nSPS) is 32.9. The van der Waals surface area contributed by atoms with Gasteiger partial charge in [-0.25, -0.2) is 0 Å².